The van der Waals surface area contributed by atoms with Crippen LogP contribution in [-0.4, -0.2) is 22.8 Å². The number of methoxy groups -OCH3 is 1. The van der Waals surface area contributed by atoms with Gasteiger partial charge in [0.15, 0.2) is 0 Å². The van der Waals surface area contributed by atoms with Crippen molar-refractivity contribution in [3.8, 4) is 5.75 Å². The molecule has 106 valence electrons. The fourth-order valence-electron chi connectivity index (χ4n) is 2.07. The quantitative estimate of drug-likeness (QED) is 0.926. The number of benzene rings is 1. The second-order valence-corrected chi connectivity index (χ2v) is 4.72. The van der Waals surface area contributed by atoms with E-state index in [9.17, 15) is 4.79 Å². The highest BCUT2D eigenvalue weighted by atomic mass is 16.5. The zero-order valence-corrected chi connectivity index (χ0v) is 12.2. The fraction of sp³-hybridized carbons (Fsp3) is 0.333. The van der Waals surface area contributed by atoms with E-state index in [1.54, 1.807) is 17.9 Å². The molecule has 2 rings (SSSR count). The van der Waals surface area contributed by atoms with Crippen LogP contribution >= 0.6 is 0 Å². The van der Waals surface area contributed by atoms with Crippen molar-refractivity contribution in [3.63, 3.8) is 0 Å². The molecular weight excluding hydrogens is 254 g/mol. The summed E-state index contributed by atoms with van der Waals surface area (Å²) in [4.78, 5) is 12.2. The van der Waals surface area contributed by atoms with Crippen LogP contribution in [0.4, 0.5) is 0 Å². The number of amides is 1. The van der Waals surface area contributed by atoms with Gasteiger partial charge in [-0.1, -0.05) is 6.07 Å². The highest BCUT2D eigenvalue weighted by Crippen LogP contribution is 2.20. The Kier molecular flexibility index (Phi) is 4.08. The van der Waals surface area contributed by atoms with Crippen LogP contribution in [0.15, 0.2) is 24.3 Å². The van der Waals surface area contributed by atoms with E-state index >= 15 is 0 Å². The molecule has 5 nitrogen and oxygen atoms in total. The summed E-state index contributed by atoms with van der Waals surface area (Å²) in [7, 11) is 3.48. The minimum atomic E-state index is -0.121. The Morgan fingerprint density at radius 2 is 2.15 bits per heavy atom. The lowest BCUT2D eigenvalue weighted by Gasteiger charge is -2.10. The van der Waals surface area contributed by atoms with E-state index < -0.39 is 0 Å². The highest BCUT2D eigenvalue weighted by Gasteiger charge is 2.12. The molecule has 0 bridgehead atoms. The predicted molar refractivity (Wildman–Crippen MR) is 76.8 cm³/mol. The number of hydrogen-bond donors (Lipinski definition) is 1. The van der Waals surface area contributed by atoms with Gasteiger partial charge in [-0.05, 0) is 32.0 Å². The minimum absolute atomic E-state index is 0.121. The molecule has 2 aromatic rings. The van der Waals surface area contributed by atoms with Crippen molar-refractivity contribution in [3.05, 3.63) is 46.8 Å². The maximum Gasteiger partial charge on any atom is 0.252 e. The Morgan fingerprint density at radius 3 is 2.75 bits per heavy atom. The molecule has 0 unspecified atom stereocenters. The normalized spacial score (nSPS) is 10.4. The van der Waals surface area contributed by atoms with Crippen molar-refractivity contribution >= 4 is 5.91 Å². The second-order valence-electron chi connectivity index (χ2n) is 4.72. The van der Waals surface area contributed by atoms with Crippen LogP contribution in [0.1, 0.15) is 27.3 Å². The van der Waals surface area contributed by atoms with Crippen LogP contribution in [0.25, 0.3) is 0 Å². The largest absolute Gasteiger partial charge is 0.496 e. The molecule has 1 aromatic heterocycles. The first-order valence-corrected chi connectivity index (χ1v) is 6.44. The van der Waals surface area contributed by atoms with Crippen LogP contribution in [0.3, 0.4) is 0 Å². The number of nitrogens with zero attached hydrogens (tertiary/aromatic N) is 2. The van der Waals surface area contributed by atoms with Crippen molar-refractivity contribution in [2.45, 2.75) is 20.4 Å². The maximum atomic E-state index is 12.2. The monoisotopic (exact) mass is 273 g/mol. The van der Waals surface area contributed by atoms with Crippen LogP contribution < -0.4 is 10.1 Å². The van der Waals surface area contributed by atoms with Gasteiger partial charge in [0, 0.05) is 23.9 Å². The average Bonchev–Trinajstić information content (AvgIpc) is 2.75. The molecule has 1 heterocycles. The number of carbonyl (C=O) groups is 1. The summed E-state index contributed by atoms with van der Waals surface area (Å²) in [5.74, 6) is 0.594. The Balaban J connectivity index is 2.09. The van der Waals surface area contributed by atoms with Crippen molar-refractivity contribution < 1.29 is 9.53 Å². The van der Waals surface area contributed by atoms with Gasteiger partial charge in [-0.25, -0.2) is 0 Å². The predicted octanol–water partition coefficient (Wildman–Crippen LogP) is 1.98. The van der Waals surface area contributed by atoms with Crippen molar-refractivity contribution in [1.29, 1.82) is 0 Å². The number of rotatable bonds is 4. The fourth-order valence-corrected chi connectivity index (χ4v) is 2.07. The van der Waals surface area contributed by atoms with Gasteiger partial charge < -0.3 is 10.1 Å². The molecule has 0 atom stereocenters. The Labute approximate surface area is 118 Å². The molecular formula is C15H19N3O2. The lowest BCUT2D eigenvalue weighted by atomic mass is 10.1. The molecule has 0 saturated heterocycles. The zero-order chi connectivity index (χ0) is 14.7. The maximum absolute atomic E-state index is 12.2. The average molecular weight is 273 g/mol. The van der Waals surface area contributed by atoms with Gasteiger partial charge in [0.25, 0.3) is 5.91 Å². The highest BCUT2D eigenvalue weighted by molar-refractivity contribution is 5.96. The first kappa shape index (κ1) is 14.1. The van der Waals surface area contributed by atoms with Gasteiger partial charge in [0.1, 0.15) is 5.75 Å². The number of hydrogen-bond acceptors (Lipinski definition) is 3. The van der Waals surface area contributed by atoms with E-state index in [1.807, 2.05) is 39.1 Å². The number of aryl methyl sites for hydroxylation is 2. The van der Waals surface area contributed by atoms with Gasteiger partial charge in [-0.2, -0.15) is 5.10 Å². The lowest BCUT2D eigenvalue weighted by Crippen LogP contribution is -2.24. The molecule has 1 amide bonds. The SMILES string of the molecule is COc1cccc(C(=O)NCc2cc(C)n(C)n2)c1C. The van der Waals surface area contributed by atoms with Crippen LogP contribution in [0.2, 0.25) is 0 Å². The summed E-state index contributed by atoms with van der Waals surface area (Å²) in [5, 5.41) is 7.19. The number of aromatic nitrogens is 2. The molecule has 0 spiro atoms. The first-order valence-electron chi connectivity index (χ1n) is 6.44. The minimum Gasteiger partial charge on any atom is -0.496 e. The summed E-state index contributed by atoms with van der Waals surface area (Å²) in [6.45, 7) is 4.26. The summed E-state index contributed by atoms with van der Waals surface area (Å²) < 4.78 is 7.01. The summed E-state index contributed by atoms with van der Waals surface area (Å²) in [6, 6.07) is 7.40. The van der Waals surface area contributed by atoms with Crippen LogP contribution in [-0.2, 0) is 13.6 Å². The van der Waals surface area contributed by atoms with Gasteiger partial charge in [-0.3, -0.25) is 9.48 Å². The van der Waals surface area contributed by atoms with Gasteiger partial charge in [0.2, 0.25) is 0 Å². The van der Waals surface area contributed by atoms with E-state index in [0.29, 0.717) is 17.9 Å². The third-order valence-corrected chi connectivity index (χ3v) is 3.34. The third-order valence-electron chi connectivity index (χ3n) is 3.34. The second kappa shape index (κ2) is 5.77. The molecule has 20 heavy (non-hydrogen) atoms. The van der Waals surface area contributed by atoms with Crippen molar-refractivity contribution in [2.24, 2.45) is 7.05 Å². The van der Waals surface area contributed by atoms with Crippen LogP contribution in [0.5, 0.6) is 5.75 Å². The summed E-state index contributed by atoms with van der Waals surface area (Å²) in [6.07, 6.45) is 0. The molecule has 1 aromatic carbocycles. The smallest absolute Gasteiger partial charge is 0.252 e. The summed E-state index contributed by atoms with van der Waals surface area (Å²) >= 11 is 0. The molecule has 0 aliphatic carbocycles. The van der Waals surface area contributed by atoms with Gasteiger partial charge in [0.05, 0.1) is 19.3 Å². The topological polar surface area (TPSA) is 56.1 Å². The number of ether oxygens (including phenoxy) is 1. The van der Waals surface area contributed by atoms with E-state index in [4.69, 9.17) is 4.74 Å². The molecule has 0 saturated carbocycles. The zero-order valence-electron chi connectivity index (χ0n) is 12.2. The van der Waals surface area contributed by atoms with Crippen molar-refractivity contribution in [2.75, 3.05) is 7.11 Å². The van der Waals surface area contributed by atoms with E-state index in [-0.39, 0.29) is 5.91 Å². The summed E-state index contributed by atoms with van der Waals surface area (Å²) in [5.41, 5.74) is 3.37. The standard InChI is InChI=1S/C15H19N3O2/c1-10-8-12(17-18(10)3)9-16-15(19)13-6-5-7-14(20-4)11(13)2/h5-8H,9H2,1-4H3,(H,16,19). The number of carbonyl (C=O) groups excluding carboxylic acids is 1. The van der Waals surface area contributed by atoms with Gasteiger partial charge in [-0.15, -0.1) is 0 Å². The van der Waals surface area contributed by atoms with Crippen LogP contribution in [0, 0.1) is 13.8 Å². The Bertz CT molecular complexity index is 613. The molecule has 0 aliphatic rings. The molecule has 1 N–H and O–H groups in total. The molecule has 0 fully saturated rings. The van der Waals surface area contributed by atoms with Crippen molar-refractivity contribution in [1.82, 2.24) is 15.1 Å². The molecule has 0 aliphatic heterocycles. The number of nitrogens with one attached hydrogen (secondary N) is 1. The third kappa shape index (κ3) is 2.82. The van der Waals surface area contributed by atoms with Gasteiger partial charge >= 0.3 is 0 Å². The Morgan fingerprint density at radius 1 is 1.40 bits per heavy atom. The molecule has 0 radical (unpaired) electrons. The van der Waals surface area contributed by atoms with E-state index in [1.165, 1.54) is 0 Å². The van der Waals surface area contributed by atoms with E-state index in [0.717, 1.165) is 17.0 Å². The lowest BCUT2D eigenvalue weighted by molar-refractivity contribution is 0.0949. The van der Waals surface area contributed by atoms with E-state index in [2.05, 4.69) is 10.4 Å². The molecule has 5 heteroatoms. The Hall–Kier alpha value is -2.30. The first-order chi connectivity index (χ1) is 9.52.